The van der Waals surface area contributed by atoms with E-state index in [1.807, 2.05) is 31.2 Å². The fraction of sp³-hybridized carbons (Fsp3) is 0.562. The molecule has 0 bridgehead atoms. The highest BCUT2D eigenvalue weighted by atomic mass is 16.5. The van der Waals surface area contributed by atoms with Crippen LogP contribution in [0.25, 0.3) is 0 Å². The summed E-state index contributed by atoms with van der Waals surface area (Å²) in [6, 6.07) is 7.92. The van der Waals surface area contributed by atoms with Crippen LogP contribution in [0.4, 0.5) is 0 Å². The molecule has 0 atom stereocenters. The Balaban J connectivity index is 1.80. The molecule has 3 heteroatoms. The first-order valence-electron chi connectivity index (χ1n) is 7.06. The van der Waals surface area contributed by atoms with Crippen molar-refractivity contribution in [3.63, 3.8) is 0 Å². The molecule has 0 aliphatic heterocycles. The van der Waals surface area contributed by atoms with E-state index >= 15 is 0 Å². The van der Waals surface area contributed by atoms with Crippen LogP contribution in [0.5, 0.6) is 5.75 Å². The lowest BCUT2D eigenvalue weighted by Gasteiger charge is -2.23. The molecule has 0 aromatic heterocycles. The van der Waals surface area contributed by atoms with Crippen LogP contribution in [0, 0.1) is 12.3 Å². The van der Waals surface area contributed by atoms with Crippen molar-refractivity contribution in [1.29, 1.82) is 0 Å². The molecule has 1 N–H and O–H groups in total. The van der Waals surface area contributed by atoms with Crippen molar-refractivity contribution in [3.8, 4) is 5.75 Å². The number of aryl methyl sites for hydroxylation is 1. The number of para-hydroxylation sites is 1. The van der Waals surface area contributed by atoms with Gasteiger partial charge >= 0.3 is 5.97 Å². The van der Waals surface area contributed by atoms with Crippen LogP contribution in [0.15, 0.2) is 24.3 Å². The normalized spacial score (nSPS) is 17.3. The number of hydrogen-bond acceptors (Lipinski definition) is 2. The third-order valence-electron chi connectivity index (χ3n) is 4.17. The van der Waals surface area contributed by atoms with Gasteiger partial charge in [0.15, 0.2) is 0 Å². The van der Waals surface area contributed by atoms with Crippen molar-refractivity contribution >= 4 is 5.97 Å². The lowest BCUT2D eigenvalue weighted by molar-refractivity contribution is -0.149. The third kappa shape index (κ3) is 3.28. The Kier molecular flexibility index (Phi) is 4.46. The van der Waals surface area contributed by atoms with E-state index in [4.69, 9.17) is 4.74 Å². The minimum Gasteiger partial charge on any atom is -0.493 e. The summed E-state index contributed by atoms with van der Waals surface area (Å²) in [5.41, 5.74) is 0.644. The zero-order valence-electron chi connectivity index (χ0n) is 11.5. The Morgan fingerprint density at radius 3 is 2.63 bits per heavy atom. The van der Waals surface area contributed by atoms with E-state index in [9.17, 15) is 9.90 Å². The number of benzene rings is 1. The number of rotatable bonds is 6. The largest absolute Gasteiger partial charge is 0.493 e. The highest BCUT2D eigenvalue weighted by Gasteiger charge is 2.40. The Bertz CT molecular complexity index is 433. The van der Waals surface area contributed by atoms with Gasteiger partial charge < -0.3 is 9.84 Å². The van der Waals surface area contributed by atoms with Gasteiger partial charge in [-0.3, -0.25) is 4.79 Å². The maximum absolute atomic E-state index is 11.4. The average Bonchev–Trinajstić information content (AvgIpc) is 2.87. The van der Waals surface area contributed by atoms with Crippen LogP contribution in [-0.4, -0.2) is 17.7 Å². The lowest BCUT2D eigenvalue weighted by atomic mass is 9.82. The van der Waals surface area contributed by atoms with Crippen LogP contribution in [0.3, 0.4) is 0 Å². The van der Waals surface area contributed by atoms with E-state index in [1.54, 1.807) is 0 Å². The zero-order chi connectivity index (χ0) is 13.7. The Morgan fingerprint density at radius 1 is 1.32 bits per heavy atom. The quantitative estimate of drug-likeness (QED) is 0.793. The van der Waals surface area contributed by atoms with Gasteiger partial charge in [0.2, 0.25) is 0 Å². The van der Waals surface area contributed by atoms with E-state index in [1.165, 1.54) is 0 Å². The number of carbonyl (C=O) groups is 1. The van der Waals surface area contributed by atoms with Crippen LogP contribution in [0.2, 0.25) is 0 Å². The highest BCUT2D eigenvalue weighted by Crippen LogP contribution is 2.42. The average molecular weight is 262 g/mol. The molecule has 0 saturated heterocycles. The molecule has 1 aliphatic carbocycles. The smallest absolute Gasteiger partial charge is 0.309 e. The van der Waals surface area contributed by atoms with Gasteiger partial charge in [0.25, 0.3) is 0 Å². The first kappa shape index (κ1) is 13.9. The summed E-state index contributed by atoms with van der Waals surface area (Å²) >= 11 is 0. The van der Waals surface area contributed by atoms with Gasteiger partial charge in [-0.1, -0.05) is 31.0 Å². The minimum atomic E-state index is -0.624. The van der Waals surface area contributed by atoms with Crippen LogP contribution in [0.1, 0.15) is 44.1 Å². The molecular formula is C16H22O3. The fourth-order valence-corrected chi connectivity index (χ4v) is 2.93. The number of aliphatic carboxylic acids is 1. The van der Waals surface area contributed by atoms with Gasteiger partial charge in [0.1, 0.15) is 5.75 Å². The number of carboxylic acids is 1. The van der Waals surface area contributed by atoms with E-state index < -0.39 is 11.4 Å². The Morgan fingerprint density at radius 2 is 2.00 bits per heavy atom. The molecule has 19 heavy (non-hydrogen) atoms. The molecule has 0 heterocycles. The van der Waals surface area contributed by atoms with Crippen molar-refractivity contribution in [3.05, 3.63) is 29.8 Å². The van der Waals surface area contributed by atoms with Crippen molar-refractivity contribution in [2.24, 2.45) is 5.41 Å². The van der Waals surface area contributed by atoms with Gasteiger partial charge in [0, 0.05) is 0 Å². The van der Waals surface area contributed by atoms with Gasteiger partial charge in [-0.2, -0.15) is 0 Å². The van der Waals surface area contributed by atoms with Crippen molar-refractivity contribution < 1.29 is 14.6 Å². The standard InChI is InChI=1S/C16H22O3/c1-13-7-2-3-8-14(13)19-12-6-11-16(15(17)18)9-4-5-10-16/h2-3,7-8H,4-6,9-12H2,1H3,(H,17,18). The first-order valence-corrected chi connectivity index (χ1v) is 7.06. The van der Waals surface area contributed by atoms with Gasteiger partial charge in [-0.15, -0.1) is 0 Å². The predicted molar refractivity (Wildman–Crippen MR) is 74.4 cm³/mol. The Hall–Kier alpha value is -1.51. The van der Waals surface area contributed by atoms with Crippen molar-refractivity contribution in [2.45, 2.75) is 45.4 Å². The Labute approximate surface area is 114 Å². The summed E-state index contributed by atoms with van der Waals surface area (Å²) in [4.78, 5) is 11.4. The summed E-state index contributed by atoms with van der Waals surface area (Å²) < 4.78 is 5.73. The van der Waals surface area contributed by atoms with E-state index in [-0.39, 0.29) is 0 Å². The monoisotopic (exact) mass is 262 g/mol. The summed E-state index contributed by atoms with van der Waals surface area (Å²) in [6.07, 6.45) is 5.28. The van der Waals surface area contributed by atoms with Crippen molar-refractivity contribution in [1.82, 2.24) is 0 Å². The summed E-state index contributed by atoms with van der Waals surface area (Å²) in [5, 5.41) is 9.38. The summed E-state index contributed by atoms with van der Waals surface area (Å²) in [6.45, 7) is 2.62. The zero-order valence-corrected chi connectivity index (χ0v) is 11.5. The molecule has 1 aromatic rings. The third-order valence-corrected chi connectivity index (χ3v) is 4.17. The second-order valence-corrected chi connectivity index (χ2v) is 5.51. The second kappa shape index (κ2) is 6.09. The van der Waals surface area contributed by atoms with E-state index in [0.717, 1.165) is 49.8 Å². The van der Waals surface area contributed by atoms with Crippen LogP contribution < -0.4 is 4.74 Å². The maximum Gasteiger partial charge on any atom is 0.309 e. The van der Waals surface area contributed by atoms with Crippen LogP contribution in [-0.2, 0) is 4.79 Å². The number of hydrogen-bond donors (Lipinski definition) is 1. The first-order chi connectivity index (χ1) is 9.14. The lowest BCUT2D eigenvalue weighted by Crippen LogP contribution is -2.28. The molecule has 0 radical (unpaired) electrons. The molecular weight excluding hydrogens is 240 g/mol. The van der Waals surface area contributed by atoms with Gasteiger partial charge in [-0.25, -0.2) is 0 Å². The fourth-order valence-electron chi connectivity index (χ4n) is 2.93. The topological polar surface area (TPSA) is 46.5 Å². The molecule has 0 amide bonds. The SMILES string of the molecule is Cc1ccccc1OCCCC1(C(=O)O)CCCC1. The molecule has 0 spiro atoms. The van der Waals surface area contributed by atoms with Crippen molar-refractivity contribution in [2.75, 3.05) is 6.61 Å². The van der Waals surface area contributed by atoms with Gasteiger partial charge in [0.05, 0.1) is 12.0 Å². The molecule has 3 nitrogen and oxygen atoms in total. The number of ether oxygens (including phenoxy) is 1. The molecule has 1 saturated carbocycles. The molecule has 1 fully saturated rings. The molecule has 2 rings (SSSR count). The van der Waals surface area contributed by atoms with Gasteiger partial charge in [-0.05, 0) is 44.2 Å². The second-order valence-electron chi connectivity index (χ2n) is 5.51. The molecule has 1 aromatic carbocycles. The molecule has 1 aliphatic rings. The van der Waals surface area contributed by atoms with E-state index in [2.05, 4.69) is 0 Å². The highest BCUT2D eigenvalue weighted by molar-refractivity contribution is 5.74. The number of carboxylic acid groups (broad SMARTS) is 1. The van der Waals surface area contributed by atoms with E-state index in [0.29, 0.717) is 6.61 Å². The minimum absolute atomic E-state index is 0.477. The van der Waals surface area contributed by atoms with Crippen LogP contribution >= 0.6 is 0 Å². The maximum atomic E-state index is 11.4. The summed E-state index contributed by atoms with van der Waals surface area (Å²) in [7, 11) is 0. The molecule has 104 valence electrons. The summed E-state index contributed by atoms with van der Waals surface area (Å²) in [5.74, 6) is 0.277. The molecule has 0 unspecified atom stereocenters. The predicted octanol–water partition coefficient (Wildman–Crippen LogP) is 3.80.